The minimum Gasteiger partial charge on any atom is -0.0561 e. The van der Waals surface area contributed by atoms with Gasteiger partial charge in [-0.2, -0.15) is 0 Å². The summed E-state index contributed by atoms with van der Waals surface area (Å²) in [5.74, 6) is 0. The lowest BCUT2D eigenvalue weighted by Crippen LogP contribution is -2.16. The van der Waals surface area contributed by atoms with E-state index in [1.807, 2.05) is 0 Å². The fourth-order valence-electron chi connectivity index (χ4n) is 1.73. The van der Waals surface area contributed by atoms with Gasteiger partial charge in [-0.15, -0.1) is 0 Å². The summed E-state index contributed by atoms with van der Waals surface area (Å²) < 4.78 is 0.973. The molecule has 0 spiro atoms. The van der Waals surface area contributed by atoms with Gasteiger partial charge in [-0.25, -0.2) is 0 Å². The van der Waals surface area contributed by atoms with Gasteiger partial charge < -0.3 is 0 Å². The Labute approximate surface area is 128 Å². The largest absolute Gasteiger partial charge is 0.0610 e. The van der Waals surface area contributed by atoms with Crippen molar-refractivity contribution in [2.24, 2.45) is 0 Å². The second-order valence-electron chi connectivity index (χ2n) is 6.78. The predicted octanol–water partition coefficient (Wildman–Crippen LogP) is 6.37. The average Bonchev–Trinajstić information content (AvgIpc) is 2.13. The molecule has 0 aliphatic heterocycles. The molecule has 0 bridgehead atoms. The third kappa shape index (κ3) is 4.55. The first-order valence-electron chi connectivity index (χ1n) is 6.19. The molecule has 0 saturated carbocycles. The van der Waals surface area contributed by atoms with E-state index in [2.05, 4.69) is 97.7 Å². The highest BCUT2D eigenvalue weighted by Crippen LogP contribution is 2.31. The van der Waals surface area contributed by atoms with Crippen LogP contribution in [0.5, 0.6) is 0 Å². The second-order valence-corrected chi connectivity index (χ2v) is 9.55. The highest BCUT2D eigenvalue weighted by molar-refractivity contribution is 9.28. The van der Waals surface area contributed by atoms with Crippen LogP contribution < -0.4 is 0 Å². The molecule has 0 aliphatic rings. The Bertz CT molecular complexity index is 421. The Morgan fingerprint density at radius 2 is 1.22 bits per heavy atom. The van der Waals surface area contributed by atoms with Crippen LogP contribution in [0.2, 0.25) is 0 Å². The Morgan fingerprint density at radius 1 is 0.833 bits per heavy atom. The lowest BCUT2D eigenvalue weighted by Gasteiger charge is -2.25. The topological polar surface area (TPSA) is 0 Å². The summed E-state index contributed by atoms with van der Waals surface area (Å²) in [6, 6.07) is 6.86. The van der Waals surface area contributed by atoms with Gasteiger partial charge in [0.25, 0.3) is 0 Å². The minimum atomic E-state index is 0.169. The van der Waals surface area contributed by atoms with Crippen LogP contribution in [0.3, 0.4) is 0 Å². The van der Waals surface area contributed by atoms with Crippen LogP contribution in [0.25, 0.3) is 6.08 Å². The molecule has 0 amide bonds. The molecule has 0 aromatic heterocycles. The van der Waals surface area contributed by atoms with Crippen molar-refractivity contribution in [2.45, 2.75) is 52.4 Å². The zero-order valence-corrected chi connectivity index (χ0v) is 15.2. The maximum absolute atomic E-state index is 3.44. The highest BCUT2D eigenvalue weighted by atomic mass is 79.9. The summed E-state index contributed by atoms with van der Waals surface area (Å²) in [6.07, 6.45) is 2.10. The molecule has 0 N–H and O–H groups in total. The smallest absolute Gasteiger partial charge is 0.0561 e. The number of hydrogen-bond acceptors (Lipinski definition) is 0. The zero-order valence-electron chi connectivity index (χ0n) is 12.1. The van der Waals surface area contributed by atoms with E-state index in [0.29, 0.717) is 0 Å². The van der Waals surface area contributed by atoms with E-state index in [-0.39, 0.29) is 10.8 Å². The Hall–Kier alpha value is -0.0800. The SMILES string of the molecule is CC(C)(C)c1cc(C=C(Br)Br)cc(C(C)(C)C)c1. The number of hydrogen-bond donors (Lipinski definition) is 0. The molecule has 0 heterocycles. The highest BCUT2D eigenvalue weighted by Gasteiger charge is 2.20. The zero-order chi connectivity index (χ0) is 14.1. The number of halogens is 2. The van der Waals surface area contributed by atoms with Gasteiger partial charge in [-0.1, -0.05) is 59.7 Å². The van der Waals surface area contributed by atoms with Crippen molar-refractivity contribution < 1.29 is 0 Å². The summed E-state index contributed by atoms with van der Waals surface area (Å²) >= 11 is 6.88. The molecule has 100 valence electrons. The summed E-state index contributed by atoms with van der Waals surface area (Å²) in [5.41, 5.74) is 4.33. The fraction of sp³-hybridized carbons (Fsp3) is 0.500. The quantitative estimate of drug-likeness (QED) is 0.536. The Balaban J connectivity index is 3.44. The van der Waals surface area contributed by atoms with Crippen LogP contribution in [-0.4, -0.2) is 0 Å². The third-order valence-corrected chi connectivity index (χ3v) is 3.42. The van der Waals surface area contributed by atoms with Crippen LogP contribution in [0.4, 0.5) is 0 Å². The molecule has 0 unspecified atom stereocenters. The summed E-state index contributed by atoms with van der Waals surface area (Å²) in [5, 5.41) is 0. The monoisotopic (exact) mass is 372 g/mol. The molecule has 0 atom stereocenters. The molecule has 2 heteroatoms. The van der Waals surface area contributed by atoms with Gasteiger partial charge in [0, 0.05) is 0 Å². The van der Waals surface area contributed by atoms with Crippen LogP contribution in [0, 0.1) is 0 Å². The first-order chi connectivity index (χ1) is 8.00. The van der Waals surface area contributed by atoms with Crippen molar-refractivity contribution in [2.75, 3.05) is 0 Å². The number of rotatable bonds is 1. The molecule has 0 radical (unpaired) electrons. The predicted molar refractivity (Wildman–Crippen MR) is 89.7 cm³/mol. The second kappa shape index (κ2) is 5.50. The van der Waals surface area contributed by atoms with Crippen molar-refractivity contribution in [3.63, 3.8) is 0 Å². The minimum absolute atomic E-state index is 0.169. The lowest BCUT2D eigenvalue weighted by atomic mass is 9.79. The van der Waals surface area contributed by atoms with Crippen LogP contribution >= 0.6 is 31.9 Å². The normalized spacial score (nSPS) is 12.4. The van der Waals surface area contributed by atoms with Gasteiger partial charge in [0.1, 0.15) is 0 Å². The first kappa shape index (κ1) is 16.0. The van der Waals surface area contributed by atoms with Crippen molar-refractivity contribution in [1.29, 1.82) is 0 Å². The van der Waals surface area contributed by atoms with Gasteiger partial charge in [0.2, 0.25) is 0 Å². The standard InChI is InChI=1S/C16H22Br2/c1-15(2,3)12-7-11(9-14(17)18)8-13(10-12)16(4,5)6/h7-10H,1-6H3. The summed E-state index contributed by atoms with van der Waals surface area (Å²) in [6.45, 7) is 13.5. The van der Waals surface area contributed by atoms with Gasteiger partial charge in [0.15, 0.2) is 0 Å². The molecule has 0 fully saturated rings. The first-order valence-corrected chi connectivity index (χ1v) is 7.77. The molecule has 1 rings (SSSR count). The van der Waals surface area contributed by atoms with Crippen molar-refractivity contribution in [1.82, 2.24) is 0 Å². The molecule has 0 saturated heterocycles. The number of benzene rings is 1. The molecular weight excluding hydrogens is 352 g/mol. The van der Waals surface area contributed by atoms with Gasteiger partial charge in [-0.05, 0) is 65.5 Å². The molecule has 1 aromatic rings. The average molecular weight is 374 g/mol. The van der Waals surface area contributed by atoms with Gasteiger partial charge in [0.05, 0.1) is 3.39 Å². The Morgan fingerprint density at radius 3 is 1.50 bits per heavy atom. The van der Waals surface area contributed by atoms with E-state index in [9.17, 15) is 0 Å². The van der Waals surface area contributed by atoms with Crippen molar-refractivity contribution in [3.05, 3.63) is 38.3 Å². The van der Waals surface area contributed by atoms with E-state index in [1.165, 1.54) is 16.7 Å². The molecule has 1 aromatic carbocycles. The molecule has 0 nitrogen and oxygen atoms in total. The van der Waals surface area contributed by atoms with E-state index in [4.69, 9.17) is 0 Å². The molecule has 18 heavy (non-hydrogen) atoms. The lowest BCUT2D eigenvalue weighted by molar-refractivity contribution is 0.568. The fourth-order valence-corrected chi connectivity index (χ4v) is 2.26. The van der Waals surface area contributed by atoms with Crippen molar-refractivity contribution >= 4 is 37.9 Å². The Kier molecular flexibility index (Phi) is 4.88. The van der Waals surface area contributed by atoms with Gasteiger partial charge in [-0.3, -0.25) is 0 Å². The van der Waals surface area contributed by atoms with Gasteiger partial charge >= 0.3 is 0 Å². The van der Waals surface area contributed by atoms with Crippen molar-refractivity contribution in [3.8, 4) is 0 Å². The van der Waals surface area contributed by atoms with E-state index in [1.54, 1.807) is 0 Å². The maximum Gasteiger partial charge on any atom is 0.0610 e. The van der Waals surface area contributed by atoms with E-state index in [0.717, 1.165) is 3.39 Å². The third-order valence-electron chi connectivity index (χ3n) is 2.96. The van der Waals surface area contributed by atoms with Crippen LogP contribution in [0.15, 0.2) is 21.6 Å². The molecule has 0 aliphatic carbocycles. The van der Waals surface area contributed by atoms with E-state index < -0.39 is 0 Å². The van der Waals surface area contributed by atoms with Crippen LogP contribution in [-0.2, 0) is 10.8 Å². The van der Waals surface area contributed by atoms with Crippen LogP contribution in [0.1, 0.15) is 58.2 Å². The maximum atomic E-state index is 3.44. The summed E-state index contributed by atoms with van der Waals surface area (Å²) in [7, 11) is 0. The van der Waals surface area contributed by atoms with E-state index >= 15 is 0 Å². The summed E-state index contributed by atoms with van der Waals surface area (Å²) in [4.78, 5) is 0. The molecular formula is C16H22Br2.